The molecule has 2 heterocycles. The zero-order valence-electron chi connectivity index (χ0n) is 10.7. The summed E-state index contributed by atoms with van der Waals surface area (Å²) in [5, 5.41) is 0.600. The highest BCUT2D eigenvalue weighted by Crippen LogP contribution is 2.07. The van der Waals surface area contributed by atoms with Crippen molar-refractivity contribution in [3.05, 3.63) is 64.8 Å². The number of fused-ring (bicyclic) bond motifs is 1. The number of hydrogen-bond acceptors (Lipinski definition) is 5. The summed E-state index contributed by atoms with van der Waals surface area (Å²) in [6.45, 7) is 0.353. The maximum atomic E-state index is 12.3. The smallest absolute Gasteiger partial charge is 0.261 e. The van der Waals surface area contributed by atoms with Crippen LogP contribution in [-0.4, -0.2) is 14.5 Å². The summed E-state index contributed by atoms with van der Waals surface area (Å²) in [4.78, 5) is 20.9. The summed E-state index contributed by atoms with van der Waals surface area (Å²) in [5.41, 5.74) is 3.83. The first-order chi connectivity index (χ1) is 9.78. The van der Waals surface area contributed by atoms with E-state index in [9.17, 15) is 4.79 Å². The number of pyridine rings is 1. The van der Waals surface area contributed by atoms with Gasteiger partial charge in [0.25, 0.3) is 5.56 Å². The van der Waals surface area contributed by atoms with Gasteiger partial charge in [0.05, 0.1) is 29.5 Å². The van der Waals surface area contributed by atoms with Crippen LogP contribution in [0.5, 0.6) is 0 Å². The van der Waals surface area contributed by atoms with Gasteiger partial charge in [-0.1, -0.05) is 18.2 Å². The van der Waals surface area contributed by atoms with Gasteiger partial charge in [0.15, 0.2) is 0 Å². The largest absolute Gasteiger partial charge is 0.308 e. The molecule has 0 radical (unpaired) electrons. The van der Waals surface area contributed by atoms with Crippen LogP contribution in [0, 0.1) is 0 Å². The second-order valence-electron chi connectivity index (χ2n) is 4.35. The molecule has 1 aromatic carbocycles. The molecule has 0 aliphatic rings. The number of nitrogens with zero attached hydrogens (tertiary/aromatic N) is 3. The van der Waals surface area contributed by atoms with Crippen LogP contribution in [-0.2, 0) is 6.54 Å². The van der Waals surface area contributed by atoms with Crippen LogP contribution in [0.4, 0.5) is 5.82 Å². The van der Waals surface area contributed by atoms with E-state index in [1.807, 2.05) is 30.3 Å². The Morgan fingerprint density at radius 3 is 2.85 bits per heavy atom. The van der Waals surface area contributed by atoms with Crippen molar-refractivity contribution in [2.24, 2.45) is 5.84 Å². The van der Waals surface area contributed by atoms with Crippen molar-refractivity contribution in [2.45, 2.75) is 6.54 Å². The van der Waals surface area contributed by atoms with Crippen molar-refractivity contribution in [2.75, 3.05) is 5.43 Å². The molecule has 0 aliphatic carbocycles. The molecule has 100 valence electrons. The molecule has 0 spiro atoms. The highest BCUT2D eigenvalue weighted by atomic mass is 16.1. The number of aromatic nitrogens is 3. The van der Waals surface area contributed by atoms with E-state index in [1.54, 1.807) is 12.1 Å². The third-order valence-corrected chi connectivity index (χ3v) is 3.02. The normalized spacial score (nSPS) is 10.7. The SMILES string of the molecule is NNc1cccc(Cn2cnc3ccccc3c2=O)n1. The van der Waals surface area contributed by atoms with Crippen LogP contribution in [0.2, 0.25) is 0 Å². The lowest BCUT2D eigenvalue weighted by Gasteiger charge is -2.07. The molecule has 0 fully saturated rings. The molecular weight excluding hydrogens is 254 g/mol. The molecule has 3 N–H and O–H groups in total. The predicted molar refractivity (Wildman–Crippen MR) is 77.2 cm³/mol. The number of anilines is 1. The average molecular weight is 267 g/mol. The molecule has 2 aromatic heterocycles. The first-order valence-corrected chi connectivity index (χ1v) is 6.14. The van der Waals surface area contributed by atoms with E-state index in [1.165, 1.54) is 10.9 Å². The van der Waals surface area contributed by atoms with Crippen molar-refractivity contribution >= 4 is 16.7 Å². The highest BCUT2D eigenvalue weighted by molar-refractivity contribution is 5.76. The van der Waals surface area contributed by atoms with Crippen molar-refractivity contribution in [3.8, 4) is 0 Å². The highest BCUT2D eigenvalue weighted by Gasteiger charge is 2.05. The number of nitrogen functional groups attached to an aromatic ring is 1. The Bertz CT molecular complexity index is 812. The third-order valence-electron chi connectivity index (χ3n) is 3.02. The van der Waals surface area contributed by atoms with E-state index in [4.69, 9.17) is 5.84 Å². The minimum Gasteiger partial charge on any atom is -0.308 e. The number of para-hydroxylation sites is 1. The average Bonchev–Trinajstić information content (AvgIpc) is 2.50. The summed E-state index contributed by atoms with van der Waals surface area (Å²) in [5.74, 6) is 5.88. The van der Waals surface area contributed by atoms with E-state index >= 15 is 0 Å². The topological polar surface area (TPSA) is 85.8 Å². The number of benzene rings is 1. The van der Waals surface area contributed by atoms with Gasteiger partial charge in [-0.05, 0) is 24.3 Å². The summed E-state index contributed by atoms with van der Waals surface area (Å²) in [6.07, 6.45) is 1.54. The molecule has 3 rings (SSSR count). The van der Waals surface area contributed by atoms with Gasteiger partial charge in [0.1, 0.15) is 5.82 Å². The minimum atomic E-state index is -0.0801. The summed E-state index contributed by atoms with van der Waals surface area (Å²) in [7, 11) is 0. The third kappa shape index (κ3) is 2.24. The second kappa shape index (κ2) is 5.10. The number of nitrogens with two attached hydrogens (primary N) is 1. The minimum absolute atomic E-state index is 0.0801. The van der Waals surface area contributed by atoms with Crippen molar-refractivity contribution in [3.63, 3.8) is 0 Å². The molecule has 20 heavy (non-hydrogen) atoms. The number of hydrogen-bond donors (Lipinski definition) is 2. The van der Waals surface area contributed by atoms with Crippen LogP contribution in [0.15, 0.2) is 53.6 Å². The van der Waals surface area contributed by atoms with E-state index in [2.05, 4.69) is 15.4 Å². The maximum absolute atomic E-state index is 12.3. The molecule has 0 amide bonds. The van der Waals surface area contributed by atoms with Gasteiger partial charge >= 0.3 is 0 Å². The Morgan fingerprint density at radius 2 is 2.00 bits per heavy atom. The van der Waals surface area contributed by atoms with Crippen LogP contribution < -0.4 is 16.8 Å². The van der Waals surface area contributed by atoms with Crippen LogP contribution in [0.3, 0.4) is 0 Å². The zero-order valence-corrected chi connectivity index (χ0v) is 10.7. The van der Waals surface area contributed by atoms with Crippen LogP contribution in [0.1, 0.15) is 5.69 Å². The van der Waals surface area contributed by atoms with Gasteiger partial charge in [-0.2, -0.15) is 0 Å². The molecule has 6 heteroatoms. The maximum Gasteiger partial charge on any atom is 0.261 e. The fourth-order valence-electron chi connectivity index (χ4n) is 2.04. The molecule has 0 unspecified atom stereocenters. The molecule has 0 saturated heterocycles. The van der Waals surface area contributed by atoms with Crippen LogP contribution in [0.25, 0.3) is 10.9 Å². The van der Waals surface area contributed by atoms with Crippen molar-refractivity contribution in [1.29, 1.82) is 0 Å². The van der Waals surface area contributed by atoms with Crippen molar-refractivity contribution < 1.29 is 0 Å². The fraction of sp³-hybridized carbons (Fsp3) is 0.0714. The summed E-state index contributed by atoms with van der Waals surface area (Å²) >= 11 is 0. The summed E-state index contributed by atoms with van der Waals surface area (Å²) in [6, 6.07) is 12.7. The lowest BCUT2D eigenvalue weighted by Crippen LogP contribution is -2.21. The monoisotopic (exact) mass is 267 g/mol. The van der Waals surface area contributed by atoms with Gasteiger partial charge < -0.3 is 5.43 Å². The zero-order chi connectivity index (χ0) is 13.9. The number of rotatable bonds is 3. The molecule has 0 atom stereocenters. The standard InChI is InChI=1S/C14H13N5O/c15-18-13-7-3-4-10(17-13)8-19-9-16-12-6-2-1-5-11(12)14(19)20/h1-7,9H,8,15H2,(H,17,18). The molecule has 3 aromatic rings. The molecular formula is C14H13N5O. The Labute approximate surface area is 114 Å². The Morgan fingerprint density at radius 1 is 1.15 bits per heavy atom. The van der Waals surface area contributed by atoms with Gasteiger partial charge in [-0.3, -0.25) is 9.36 Å². The molecule has 0 saturated carbocycles. The molecule has 0 bridgehead atoms. The number of hydrazine groups is 1. The van der Waals surface area contributed by atoms with E-state index in [0.717, 1.165) is 5.69 Å². The van der Waals surface area contributed by atoms with Gasteiger partial charge in [-0.15, -0.1) is 0 Å². The lowest BCUT2D eigenvalue weighted by atomic mass is 10.2. The van der Waals surface area contributed by atoms with Gasteiger partial charge in [-0.25, -0.2) is 15.8 Å². The molecule has 6 nitrogen and oxygen atoms in total. The fourth-order valence-corrected chi connectivity index (χ4v) is 2.04. The van der Waals surface area contributed by atoms with Crippen LogP contribution >= 0.6 is 0 Å². The quantitative estimate of drug-likeness (QED) is 0.548. The Balaban J connectivity index is 2.02. The van der Waals surface area contributed by atoms with E-state index in [0.29, 0.717) is 23.3 Å². The Hall–Kier alpha value is -2.73. The number of nitrogens with one attached hydrogen (secondary N) is 1. The first-order valence-electron chi connectivity index (χ1n) is 6.14. The van der Waals surface area contributed by atoms with E-state index in [-0.39, 0.29) is 5.56 Å². The first kappa shape index (κ1) is 12.3. The lowest BCUT2D eigenvalue weighted by molar-refractivity contribution is 0.730. The molecule has 0 aliphatic heterocycles. The van der Waals surface area contributed by atoms with E-state index < -0.39 is 0 Å². The van der Waals surface area contributed by atoms with Crippen molar-refractivity contribution in [1.82, 2.24) is 14.5 Å². The Kier molecular flexibility index (Phi) is 3.14. The van der Waals surface area contributed by atoms with Gasteiger partial charge in [0.2, 0.25) is 0 Å². The predicted octanol–water partition coefficient (Wildman–Crippen LogP) is 1.13. The van der Waals surface area contributed by atoms with Gasteiger partial charge in [0, 0.05) is 0 Å². The second-order valence-corrected chi connectivity index (χ2v) is 4.35. The summed E-state index contributed by atoms with van der Waals surface area (Å²) < 4.78 is 1.53.